The number of nitro benzene ring substituents is 1. The molecule has 3 rings (SSSR count). The maximum absolute atomic E-state index is 10.8. The van der Waals surface area contributed by atoms with Crippen molar-refractivity contribution in [1.29, 1.82) is 0 Å². The van der Waals surface area contributed by atoms with E-state index in [2.05, 4.69) is 15.9 Å². The summed E-state index contributed by atoms with van der Waals surface area (Å²) in [6.45, 7) is 0. The van der Waals surface area contributed by atoms with Gasteiger partial charge in [-0.2, -0.15) is 0 Å². The van der Waals surface area contributed by atoms with Crippen LogP contribution in [0.3, 0.4) is 0 Å². The van der Waals surface area contributed by atoms with Gasteiger partial charge in [0.1, 0.15) is 11.5 Å². The molecule has 2 aromatic carbocycles. The summed E-state index contributed by atoms with van der Waals surface area (Å²) in [7, 11) is 0. The second-order valence-electron chi connectivity index (χ2n) is 4.07. The number of halogens is 1. The molecular weight excluding hydrogens is 310 g/mol. The second kappa shape index (κ2) is 4.51. The van der Waals surface area contributed by atoms with Crippen molar-refractivity contribution in [3.8, 4) is 11.5 Å². The third-order valence-electron chi connectivity index (χ3n) is 2.86. The lowest BCUT2D eigenvalue weighted by molar-refractivity contribution is -0.384. The molecule has 0 atom stereocenters. The zero-order chi connectivity index (χ0) is 13.4. The van der Waals surface area contributed by atoms with Crippen molar-refractivity contribution in [3.05, 3.63) is 62.1 Å². The standard InChI is InChI=1S/C14H8BrNO3/c15-12-3-1-2-9-4-5-10-8-11(16(17)18)6-7-13(10)19-14(9)12/h1-8H. The smallest absolute Gasteiger partial charge is 0.270 e. The number of hydrogen-bond acceptors (Lipinski definition) is 3. The van der Waals surface area contributed by atoms with Crippen LogP contribution in [0.15, 0.2) is 40.9 Å². The van der Waals surface area contributed by atoms with Crippen molar-refractivity contribution in [3.63, 3.8) is 0 Å². The number of rotatable bonds is 1. The highest BCUT2D eigenvalue weighted by Crippen LogP contribution is 2.39. The lowest BCUT2D eigenvalue weighted by atomic mass is 10.1. The Labute approximate surface area is 117 Å². The van der Waals surface area contributed by atoms with Crippen LogP contribution in [0.2, 0.25) is 0 Å². The van der Waals surface area contributed by atoms with Gasteiger partial charge in [0, 0.05) is 23.3 Å². The second-order valence-corrected chi connectivity index (χ2v) is 4.93. The third kappa shape index (κ3) is 2.13. The zero-order valence-electron chi connectivity index (χ0n) is 9.67. The number of fused-ring (bicyclic) bond motifs is 2. The molecule has 94 valence electrons. The Morgan fingerprint density at radius 1 is 1.11 bits per heavy atom. The third-order valence-corrected chi connectivity index (χ3v) is 3.48. The normalized spacial score (nSPS) is 12.1. The maximum Gasteiger partial charge on any atom is 0.270 e. The highest BCUT2D eigenvalue weighted by atomic mass is 79.9. The molecule has 0 aromatic heterocycles. The molecule has 0 unspecified atom stereocenters. The minimum Gasteiger partial charge on any atom is -0.455 e. The summed E-state index contributed by atoms with van der Waals surface area (Å²) in [5.41, 5.74) is 1.67. The van der Waals surface area contributed by atoms with Crippen molar-refractivity contribution in [1.82, 2.24) is 0 Å². The topological polar surface area (TPSA) is 52.4 Å². The SMILES string of the molecule is O=[N+]([O-])c1ccc2c(c1)C=Cc1cccc(Br)c1O2. The summed E-state index contributed by atoms with van der Waals surface area (Å²) in [6.07, 6.45) is 3.70. The minimum absolute atomic E-state index is 0.0528. The van der Waals surface area contributed by atoms with Crippen LogP contribution in [-0.2, 0) is 0 Å². The first-order valence-electron chi connectivity index (χ1n) is 5.58. The van der Waals surface area contributed by atoms with Crippen molar-refractivity contribution in [2.24, 2.45) is 0 Å². The average Bonchev–Trinajstić information content (AvgIpc) is 2.58. The average molecular weight is 318 g/mol. The van der Waals surface area contributed by atoms with Crippen LogP contribution in [0.25, 0.3) is 12.2 Å². The quantitative estimate of drug-likeness (QED) is 0.485. The summed E-state index contributed by atoms with van der Waals surface area (Å²) < 4.78 is 6.68. The van der Waals surface area contributed by atoms with Gasteiger partial charge < -0.3 is 4.74 Å². The zero-order valence-corrected chi connectivity index (χ0v) is 11.3. The van der Waals surface area contributed by atoms with E-state index < -0.39 is 4.92 Å². The summed E-state index contributed by atoms with van der Waals surface area (Å²) in [4.78, 5) is 10.4. The minimum atomic E-state index is -0.415. The predicted octanol–water partition coefficient (Wildman–Crippen LogP) is 4.63. The van der Waals surface area contributed by atoms with Gasteiger partial charge in [-0.1, -0.05) is 24.3 Å². The van der Waals surface area contributed by atoms with E-state index in [1.807, 2.05) is 30.4 Å². The van der Waals surface area contributed by atoms with Gasteiger partial charge in [-0.25, -0.2) is 0 Å². The molecule has 0 amide bonds. The molecule has 1 heterocycles. The van der Waals surface area contributed by atoms with Crippen LogP contribution in [0, 0.1) is 10.1 Å². The molecule has 0 aliphatic carbocycles. The fraction of sp³-hybridized carbons (Fsp3) is 0. The Morgan fingerprint density at radius 2 is 1.89 bits per heavy atom. The Morgan fingerprint density at radius 3 is 2.68 bits per heavy atom. The number of non-ortho nitro benzene ring substituents is 1. The Bertz CT molecular complexity index is 710. The number of ether oxygens (including phenoxy) is 1. The monoisotopic (exact) mass is 317 g/mol. The number of para-hydroxylation sites is 1. The summed E-state index contributed by atoms with van der Waals surface area (Å²) in [6, 6.07) is 10.3. The Hall–Kier alpha value is -2.14. The van der Waals surface area contributed by atoms with Crippen LogP contribution < -0.4 is 4.74 Å². The van der Waals surface area contributed by atoms with Crippen LogP contribution in [0.1, 0.15) is 11.1 Å². The maximum atomic E-state index is 10.8. The van der Waals surface area contributed by atoms with Crippen molar-refractivity contribution < 1.29 is 9.66 Å². The van der Waals surface area contributed by atoms with E-state index in [1.165, 1.54) is 12.1 Å². The first kappa shape index (κ1) is 11.9. The highest BCUT2D eigenvalue weighted by Gasteiger charge is 2.16. The van der Waals surface area contributed by atoms with Crippen LogP contribution in [-0.4, -0.2) is 4.92 Å². The van der Waals surface area contributed by atoms with E-state index in [1.54, 1.807) is 6.07 Å². The first-order valence-corrected chi connectivity index (χ1v) is 6.37. The van der Waals surface area contributed by atoms with Crippen LogP contribution >= 0.6 is 15.9 Å². The van der Waals surface area contributed by atoms with Crippen molar-refractivity contribution in [2.75, 3.05) is 0 Å². The molecule has 2 aromatic rings. The van der Waals surface area contributed by atoms with E-state index in [0.29, 0.717) is 17.1 Å². The van der Waals surface area contributed by atoms with Gasteiger partial charge in [0.15, 0.2) is 0 Å². The Balaban J connectivity index is 2.14. The van der Waals surface area contributed by atoms with E-state index in [-0.39, 0.29) is 5.69 Å². The molecule has 0 saturated carbocycles. The molecule has 0 bridgehead atoms. The van der Waals surface area contributed by atoms with Gasteiger partial charge in [-0.05, 0) is 28.1 Å². The lowest BCUT2D eigenvalue weighted by Crippen LogP contribution is -1.92. The van der Waals surface area contributed by atoms with Crippen molar-refractivity contribution >= 4 is 33.8 Å². The molecule has 4 nitrogen and oxygen atoms in total. The molecule has 1 aliphatic rings. The molecular formula is C14H8BrNO3. The molecule has 0 N–H and O–H groups in total. The number of nitro groups is 1. The molecule has 0 saturated heterocycles. The van der Waals surface area contributed by atoms with E-state index >= 15 is 0 Å². The molecule has 1 aliphatic heterocycles. The largest absolute Gasteiger partial charge is 0.455 e. The fourth-order valence-corrected chi connectivity index (χ4v) is 2.39. The van der Waals surface area contributed by atoms with Gasteiger partial charge in [0.25, 0.3) is 5.69 Å². The van der Waals surface area contributed by atoms with Gasteiger partial charge in [-0.3, -0.25) is 10.1 Å². The number of hydrogen-bond donors (Lipinski definition) is 0. The number of nitrogens with zero attached hydrogens (tertiary/aromatic N) is 1. The molecule has 0 spiro atoms. The van der Waals surface area contributed by atoms with Crippen LogP contribution in [0.4, 0.5) is 5.69 Å². The van der Waals surface area contributed by atoms with E-state index in [0.717, 1.165) is 10.0 Å². The van der Waals surface area contributed by atoms with Crippen LogP contribution in [0.5, 0.6) is 11.5 Å². The van der Waals surface area contributed by atoms with Gasteiger partial charge in [-0.15, -0.1) is 0 Å². The predicted molar refractivity (Wildman–Crippen MR) is 76.2 cm³/mol. The molecule has 0 fully saturated rings. The van der Waals surface area contributed by atoms with Gasteiger partial charge in [0.05, 0.1) is 9.40 Å². The summed E-state index contributed by atoms with van der Waals surface area (Å²) in [5.74, 6) is 1.32. The summed E-state index contributed by atoms with van der Waals surface area (Å²) >= 11 is 3.44. The molecule has 5 heteroatoms. The summed E-state index contributed by atoms with van der Waals surface area (Å²) in [5, 5.41) is 10.8. The Kier molecular flexibility index (Phi) is 2.83. The molecule has 19 heavy (non-hydrogen) atoms. The van der Waals surface area contributed by atoms with Crippen molar-refractivity contribution in [2.45, 2.75) is 0 Å². The molecule has 0 radical (unpaired) electrons. The van der Waals surface area contributed by atoms with Gasteiger partial charge in [0.2, 0.25) is 0 Å². The van der Waals surface area contributed by atoms with Gasteiger partial charge >= 0.3 is 0 Å². The fourth-order valence-electron chi connectivity index (χ4n) is 1.93. The lowest BCUT2D eigenvalue weighted by Gasteiger charge is -2.10. The number of benzene rings is 2. The van der Waals surface area contributed by atoms with E-state index in [9.17, 15) is 10.1 Å². The highest BCUT2D eigenvalue weighted by molar-refractivity contribution is 9.10. The first-order chi connectivity index (χ1) is 9.15. The van der Waals surface area contributed by atoms with E-state index in [4.69, 9.17) is 4.74 Å².